The van der Waals surface area contributed by atoms with Crippen LogP contribution >= 0.6 is 15.9 Å². The molecule has 94 valence electrons. The van der Waals surface area contributed by atoms with Gasteiger partial charge in [0.15, 0.2) is 0 Å². The Hall–Kier alpha value is -1.44. The third-order valence-electron chi connectivity index (χ3n) is 2.06. The normalized spacial score (nSPS) is 12.2. The van der Waals surface area contributed by atoms with Gasteiger partial charge in [0.05, 0.1) is 30.4 Å². The quantitative estimate of drug-likeness (QED) is 0.472. The van der Waals surface area contributed by atoms with Gasteiger partial charge in [-0.25, -0.2) is 0 Å². The van der Waals surface area contributed by atoms with Gasteiger partial charge in [-0.3, -0.25) is 4.79 Å². The molecule has 0 fully saturated rings. The van der Waals surface area contributed by atoms with Crippen LogP contribution in [0.3, 0.4) is 0 Å². The fourth-order valence-electron chi connectivity index (χ4n) is 1.26. The molecule has 0 amide bonds. The summed E-state index contributed by atoms with van der Waals surface area (Å²) in [6.07, 6.45) is 1.60. The summed E-state index contributed by atoms with van der Waals surface area (Å²) in [7, 11) is 0. The van der Waals surface area contributed by atoms with Crippen LogP contribution in [0.1, 0.15) is 26.3 Å². The highest BCUT2D eigenvalue weighted by Crippen LogP contribution is 2.24. The summed E-state index contributed by atoms with van der Waals surface area (Å²) in [4.78, 5) is 21.2. The Morgan fingerprint density at radius 3 is 2.88 bits per heavy atom. The maximum atomic E-state index is 11.2. The Labute approximate surface area is 106 Å². The third kappa shape index (κ3) is 3.52. The molecule has 1 heterocycles. The van der Waals surface area contributed by atoms with Crippen molar-refractivity contribution >= 4 is 27.7 Å². The number of carbonyl (C=O) groups excluding carboxylic acids is 1. The predicted octanol–water partition coefficient (Wildman–Crippen LogP) is 2.07. The first kappa shape index (κ1) is 13.6. The first-order valence-corrected chi connectivity index (χ1v) is 5.79. The zero-order valence-corrected chi connectivity index (χ0v) is 11.0. The van der Waals surface area contributed by atoms with Gasteiger partial charge < -0.3 is 14.9 Å². The van der Waals surface area contributed by atoms with Gasteiger partial charge in [0.25, 0.3) is 0 Å². The van der Waals surface area contributed by atoms with E-state index in [4.69, 9.17) is 4.74 Å². The Bertz CT molecular complexity index is 432. The summed E-state index contributed by atoms with van der Waals surface area (Å²) in [6, 6.07) is -0.293. The van der Waals surface area contributed by atoms with Gasteiger partial charge in [-0.05, 0) is 34.7 Å². The molecule has 0 aromatic carbocycles. The summed E-state index contributed by atoms with van der Waals surface area (Å²) in [5.41, 5.74) is 0. The van der Waals surface area contributed by atoms with Gasteiger partial charge >= 0.3 is 11.8 Å². The van der Waals surface area contributed by atoms with E-state index in [1.54, 1.807) is 13.8 Å². The van der Waals surface area contributed by atoms with Crippen LogP contribution in [0.15, 0.2) is 10.7 Å². The molecule has 0 spiro atoms. The lowest BCUT2D eigenvalue weighted by Gasteiger charge is -2.07. The van der Waals surface area contributed by atoms with Crippen molar-refractivity contribution in [2.24, 2.45) is 0 Å². The Morgan fingerprint density at radius 2 is 2.41 bits per heavy atom. The molecule has 0 aliphatic rings. The molecule has 0 radical (unpaired) electrons. The molecule has 17 heavy (non-hydrogen) atoms. The number of nitrogens with zero attached hydrogens (tertiary/aromatic N) is 3. The number of hydrogen-bond donors (Lipinski definition) is 0. The number of aromatic nitrogens is 2. The second-order valence-electron chi connectivity index (χ2n) is 3.40. The van der Waals surface area contributed by atoms with Crippen LogP contribution in [0, 0.1) is 10.1 Å². The molecule has 0 bridgehead atoms. The molecule has 1 aromatic rings. The standard InChI is InChI=1S/C9H12BrN3O4/c1-3-17-8(14)4-6(2)12-5-7(10)9(11-12)13(15)16/h5-6H,3-4H2,1-2H3. The lowest BCUT2D eigenvalue weighted by molar-refractivity contribution is -0.390. The summed E-state index contributed by atoms with van der Waals surface area (Å²) < 4.78 is 6.46. The summed E-state index contributed by atoms with van der Waals surface area (Å²) >= 11 is 3.04. The van der Waals surface area contributed by atoms with Gasteiger partial charge in [-0.15, -0.1) is 0 Å². The smallest absolute Gasteiger partial charge is 0.404 e. The molecule has 0 saturated heterocycles. The molecule has 1 rings (SSSR count). The minimum atomic E-state index is -0.586. The number of halogens is 1. The number of carbonyl (C=O) groups is 1. The predicted molar refractivity (Wildman–Crippen MR) is 62.5 cm³/mol. The van der Waals surface area contributed by atoms with E-state index >= 15 is 0 Å². The van der Waals surface area contributed by atoms with Crippen molar-refractivity contribution in [3.05, 3.63) is 20.8 Å². The van der Waals surface area contributed by atoms with Gasteiger partial charge in [-0.1, -0.05) is 0 Å². The largest absolute Gasteiger partial charge is 0.466 e. The molecule has 0 aliphatic carbocycles. The highest BCUT2D eigenvalue weighted by atomic mass is 79.9. The van der Waals surface area contributed by atoms with Crippen LogP contribution in [-0.2, 0) is 9.53 Å². The van der Waals surface area contributed by atoms with Crippen molar-refractivity contribution in [1.29, 1.82) is 0 Å². The number of hydrogen-bond acceptors (Lipinski definition) is 5. The average molecular weight is 306 g/mol. The number of rotatable bonds is 5. The van der Waals surface area contributed by atoms with Crippen LogP contribution in [-0.4, -0.2) is 27.3 Å². The zero-order valence-electron chi connectivity index (χ0n) is 9.42. The van der Waals surface area contributed by atoms with Crippen molar-refractivity contribution < 1.29 is 14.5 Å². The highest BCUT2D eigenvalue weighted by molar-refractivity contribution is 9.10. The summed E-state index contributed by atoms with van der Waals surface area (Å²) in [6.45, 7) is 3.77. The van der Waals surface area contributed by atoms with E-state index in [9.17, 15) is 14.9 Å². The maximum Gasteiger partial charge on any atom is 0.404 e. The first-order chi connectivity index (χ1) is 7.95. The highest BCUT2D eigenvalue weighted by Gasteiger charge is 2.23. The molecule has 0 N–H and O–H groups in total. The van der Waals surface area contributed by atoms with Crippen molar-refractivity contribution in [2.75, 3.05) is 6.61 Å². The zero-order chi connectivity index (χ0) is 13.0. The molecule has 0 aliphatic heterocycles. The van der Waals surface area contributed by atoms with Crippen molar-refractivity contribution in [3.63, 3.8) is 0 Å². The molecule has 7 nitrogen and oxygen atoms in total. The Balaban J connectivity index is 2.76. The Morgan fingerprint density at radius 1 is 1.76 bits per heavy atom. The average Bonchev–Trinajstić information content (AvgIpc) is 2.60. The third-order valence-corrected chi connectivity index (χ3v) is 2.62. The minimum absolute atomic E-state index is 0.124. The summed E-state index contributed by atoms with van der Waals surface area (Å²) in [5.74, 6) is -0.616. The lowest BCUT2D eigenvalue weighted by atomic mass is 10.2. The van der Waals surface area contributed by atoms with Crippen molar-refractivity contribution in [3.8, 4) is 0 Å². The minimum Gasteiger partial charge on any atom is -0.466 e. The van der Waals surface area contributed by atoms with E-state index in [1.165, 1.54) is 10.9 Å². The monoisotopic (exact) mass is 305 g/mol. The molecular weight excluding hydrogens is 294 g/mol. The Kier molecular flexibility index (Phi) is 4.62. The maximum absolute atomic E-state index is 11.2. The van der Waals surface area contributed by atoms with Crippen LogP contribution in [0.2, 0.25) is 0 Å². The van der Waals surface area contributed by atoms with E-state index in [0.717, 1.165) is 0 Å². The second kappa shape index (κ2) is 5.76. The first-order valence-electron chi connectivity index (χ1n) is 5.00. The molecule has 1 unspecified atom stereocenters. The fraction of sp³-hybridized carbons (Fsp3) is 0.556. The van der Waals surface area contributed by atoms with E-state index in [2.05, 4.69) is 21.0 Å². The SMILES string of the molecule is CCOC(=O)CC(C)n1cc(Br)c([N+](=O)[O-])n1. The van der Waals surface area contributed by atoms with E-state index < -0.39 is 4.92 Å². The molecular formula is C9H12BrN3O4. The van der Waals surface area contributed by atoms with Crippen LogP contribution in [0.4, 0.5) is 5.82 Å². The number of esters is 1. The molecule has 0 saturated carbocycles. The topological polar surface area (TPSA) is 87.3 Å². The molecule has 1 atom stereocenters. The van der Waals surface area contributed by atoms with Gasteiger partial charge in [0, 0.05) is 0 Å². The van der Waals surface area contributed by atoms with Crippen LogP contribution in [0.5, 0.6) is 0 Å². The fourth-order valence-corrected chi connectivity index (χ4v) is 1.70. The number of nitro groups is 1. The van der Waals surface area contributed by atoms with E-state index in [1.807, 2.05) is 0 Å². The van der Waals surface area contributed by atoms with Crippen LogP contribution < -0.4 is 0 Å². The van der Waals surface area contributed by atoms with Crippen molar-refractivity contribution in [1.82, 2.24) is 9.78 Å². The van der Waals surface area contributed by atoms with Gasteiger partial charge in [-0.2, -0.15) is 4.68 Å². The molecule has 8 heteroatoms. The van der Waals surface area contributed by atoms with E-state index in [0.29, 0.717) is 11.1 Å². The lowest BCUT2D eigenvalue weighted by Crippen LogP contribution is -2.14. The summed E-state index contributed by atoms with van der Waals surface area (Å²) in [5, 5.41) is 14.4. The second-order valence-corrected chi connectivity index (χ2v) is 4.25. The molecule has 1 aromatic heterocycles. The van der Waals surface area contributed by atoms with Gasteiger partial charge in [0.2, 0.25) is 0 Å². The van der Waals surface area contributed by atoms with E-state index in [-0.39, 0.29) is 24.2 Å². The van der Waals surface area contributed by atoms with Gasteiger partial charge in [0.1, 0.15) is 4.47 Å². The van der Waals surface area contributed by atoms with Crippen molar-refractivity contribution in [2.45, 2.75) is 26.3 Å². The van der Waals surface area contributed by atoms with Crippen LogP contribution in [0.25, 0.3) is 0 Å². The number of ether oxygens (including phenoxy) is 1.